The molecule has 2 aromatic carbocycles. The highest BCUT2D eigenvalue weighted by Crippen LogP contribution is 2.30. The molecule has 36 heavy (non-hydrogen) atoms. The summed E-state index contributed by atoms with van der Waals surface area (Å²) in [6, 6.07) is 10.6. The molecular weight excluding hydrogens is 521 g/mol. The SMILES string of the molecule is CC(C)(C#Cc1ccc(NC(=O)CSc2nnnn2-c2ccc(C(C)(C)C)cc2Cl)c(Cl)c1)C(=O)O. The molecule has 0 aliphatic heterocycles. The van der Waals surface area contributed by atoms with Gasteiger partial charge in [0.1, 0.15) is 5.41 Å². The lowest BCUT2D eigenvalue weighted by molar-refractivity contribution is -0.143. The van der Waals surface area contributed by atoms with Crippen molar-refractivity contribution in [2.75, 3.05) is 11.1 Å². The monoisotopic (exact) mass is 545 g/mol. The minimum absolute atomic E-state index is 0.0305. The quantitative estimate of drug-likeness (QED) is 0.312. The number of thioether (sulfide) groups is 1. The van der Waals surface area contributed by atoms with Gasteiger partial charge in [0.15, 0.2) is 0 Å². The molecule has 0 fully saturated rings. The van der Waals surface area contributed by atoms with Gasteiger partial charge < -0.3 is 10.4 Å². The first-order chi connectivity index (χ1) is 16.8. The van der Waals surface area contributed by atoms with Gasteiger partial charge in [-0.3, -0.25) is 9.59 Å². The Labute approximate surface area is 223 Å². The zero-order valence-corrected chi connectivity index (χ0v) is 22.7. The summed E-state index contributed by atoms with van der Waals surface area (Å²) in [5, 5.41) is 24.9. The van der Waals surface area contributed by atoms with Crippen LogP contribution in [-0.4, -0.2) is 42.9 Å². The summed E-state index contributed by atoms with van der Waals surface area (Å²) in [4.78, 5) is 23.8. The van der Waals surface area contributed by atoms with Crippen LogP contribution in [0.15, 0.2) is 41.6 Å². The van der Waals surface area contributed by atoms with Crippen molar-refractivity contribution in [1.82, 2.24) is 20.2 Å². The number of aromatic nitrogens is 4. The van der Waals surface area contributed by atoms with Crippen LogP contribution >= 0.6 is 35.0 Å². The number of carbonyl (C=O) groups excluding carboxylic acids is 1. The third-order valence-electron chi connectivity index (χ3n) is 5.11. The first-order valence-corrected chi connectivity index (χ1v) is 12.6. The number of aliphatic carboxylic acids is 1. The minimum Gasteiger partial charge on any atom is -0.480 e. The van der Waals surface area contributed by atoms with E-state index in [9.17, 15) is 14.7 Å². The van der Waals surface area contributed by atoms with Crippen LogP contribution in [0.25, 0.3) is 5.69 Å². The number of anilines is 1. The predicted octanol–water partition coefficient (Wildman–Crippen LogP) is 5.46. The Balaban J connectivity index is 1.67. The Morgan fingerprint density at radius 3 is 2.42 bits per heavy atom. The summed E-state index contributed by atoms with van der Waals surface area (Å²) in [6.45, 7) is 9.33. The van der Waals surface area contributed by atoms with E-state index in [2.05, 4.69) is 53.5 Å². The first-order valence-electron chi connectivity index (χ1n) is 10.9. The van der Waals surface area contributed by atoms with E-state index in [1.165, 1.54) is 18.5 Å². The number of benzene rings is 2. The zero-order valence-electron chi connectivity index (χ0n) is 20.4. The highest BCUT2D eigenvalue weighted by molar-refractivity contribution is 7.99. The van der Waals surface area contributed by atoms with Crippen molar-refractivity contribution < 1.29 is 14.7 Å². The fraction of sp³-hybridized carbons (Fsp3) is 0.320. The third kappa shape index (κ3) is 6.78. The van der Waals surface area contributed by atoms with Gasteiger partial charge in [-0.1, -0.05) is 73.6 Å². The number of amides is 1. The maximum Gasteiger partial charge on any atom is 0.321 e. The fourth-order valence-electron chi connectivity index (χ4n) is 2.86. The molecule has 11 heteroatoms. The highest BCUT2D eigenvalue weighted by Gasteiger charge is 2.24. The molecule has 0 aliphatic carbocycles. The number of hydrogen-bond donors (Lipinski definition) is 2. The maximum absolute atomic E-state index is 12.6. The summed E-state index contributed by atoms with van der Waals surface area (Å²) in [5.41, 5.74) is 1.39. The number of tetrazole rings is 1. The zero-order chi connectivity index (χ0) is 26.7. The molecule has 0 saturated carbocycles. The lowest BCUT2D eigenvalue weighted by atomic mass is 9.87. The molecule has 3 rings (SSSR count). The molecule has 0 atom stereocenters. The standard InChI is InChI=1S/C25H25Cl2N5O3S/c1-24(2,3)16-7-9-20(18(27)13-16)32-23(29-30-31-32)36-14-21(33)28-19-8-6-15(12-17(19)26)10-11-25(4,5)22(34)35/h6-9,12-13H,14H2,1-5H3,(H,28,33)(H,34,35). The molecule has 0 unspecified atom stereocenters. The van der Waals surface area contributed by atoms with E-state index >= 15 is 0 Å². The summed E-state index contributed by atoms with van der Waals surface area (Å²) >= 11 is 14.0. The van der Waals surface area contributed by atoms with Gasteiger partial charge >= 0.3 is 5.97 Å². The summed E-state index contributed by atoms with van der Waals surface area (Å²) in [5.74, 6) is 4.21. The van der Waals surface area contributed by atoms with Crippen LogP contribution in [0.4, 0.5) is 5.69 Å². The number of nitrogens with one attached hydrogen (secondary N) is 1. The molecule has 3 aromatic rings. The lowest BCUT2D eigenvalue weighted by Crippen LogP contribution is -2.21. The second kappa shape index (κ2) is 10.9. The molecule has 1 amide bonds. The van der Waals surface area contributed by atoms with Gasteiger partial charge in [0.05, 0.1) is 27.2 Å². The van der Waals surface area contributed by atoms with Crippen LogP contribution in [0.5, 0.6) is 0 Å². The number of nitrogens with zero attached hydrogens (tertiary/aromatic N) is 4. The molecule has 0 saturated heterocycles. The van der Waals surface area contributed by atoms with Gasteiger partial charge in [-0.15, -0.1) is 5.10 Å². The van der Waals surface area contributed by atoms with Gasteiger partial charge in [-0.05, 0) is 65.6 Å². The van der Waals surface area contributed by atoms with Crippen molar-refractivity contribution in [1.29, 1.82) is 0 Å². The van der Waals surface area contributed by atoms with Gasteiger partial charge in [0, 0.05) is 5.56 Å². The number of hydrogen-bond acceptors (Lipinski definition) is 6. The van der Waals surface area contributed by atoms with Crippen molar-refractivity contribution in [2.45, 2.75) is 45.2 Å². The highest BCUT2D eigenvalue weighted by atomic mass is 35.5. The van der Waals surface area contributed by atoms with Gasteiger partial charge in [0.2, 0.25) is 11.1 Å². The largest absolute Gasteiger partial charge is 0.480 e. The van der Waals surface area contributed by atoms with Gasteiger partial charge in [-0.2, -0.15) is 4.68 Å². The Hall–Kier alpha value is -3.06. The predicted molar refractivity (Wildman–Crippen MR) is 142 cm³/mol. The molecule has 0 aliphatic rings. The number of rotatable bonds is 6. The second-order valence-electron chi connectivity index (χ2n) is 9.50. The molecule has 8 nitrogen and oxygen atoms in total. The van der Waals surface area contributed by atoms with E-state index in [0.29, 0.717) is 27.1 Å². The maximum atomic E-state index is 12.6. The van der Waals surface area contributed by atoms with Crippen LogP contribution in [0.1, 0.15) is 45.7 Å². The lowest BCUT2D eigenvalue weighted by Gasteiger charge is -2.20. The van der Waals surface area contributed by atoms with E-state index in [0.717, 1.165) is 17.3 Å². The molecular formula is C25H25Cl2N5O3S. The molecule has 188 valence electrons. The van der Waals surface area contributed by atoms with Crippen LogP contribution in [0, 0.1) is 17.3 Å². The molecule has 0 radical (unpaired) electrons. The number of halogens is 2. The Kier molecular flexibility index (Phi) is 8.34. The average molecular weight is 546 g/mol. The Morgan fingerprint density at radius 1 is 1.08 bits per heavy atom. The topological polar surface area (TPSA) is 110 Å². The molecule has 1 heterocycles. The van der Waals surface area contributed by atoms with E-state index in [1.54, 1.807) is 18.2 Å². The molecule has 2 N–H and O–H groups in total. The summed E-state index contributed by atoms with van der Waals surface area (Å²) in [7, 11) is 0. The van der Waals surface area contributed by atoms with Crippen molar-refractivity contribution in [2.24, 2.45) is 5.41 Å². The van der Waals surface area contributed by atoms with Crippen molar-refractivity contribution in [3.05, 3.63) is 57.6 Å². The fourth-order valence-corrected chi connectivity index (χ4v) is 4.03. The van der Waals surface area contributed by atoms with Crippen LogP contribution in [-0.2, 0) is 15.0 Å². The Bertz CT molecular complexity index is 1370. The van der Waals surface area contributed by atoms with Gasteiger partial charge in [0.25, 0.3) is 0 Å². The van der Waals surface area contributed by atoms with Crippen LogP contribution < -0.4 is 5.32 Å². The number of carboxylic acid groups (broad SMARTS) is 1. The molecule has 0 bridgehead atoms. The molecule has 1 aromatic heterocycles. The van der Waals surface area contributed by atoms with E-state index in [4.69, 9.17) is 23.2 Å². The first kappa shape index (κ1) is 27.5. The number of carbonyl (C=O) groups is 2. The van der Waals surface area contributed by atoms with Crippen molar-refractivity contribution in [3.8, 4) is 17.5 Å². The molecule has 0 spiro atoms. The van der Waals surface area contributed by atoms with E-state index < -0.39 is 11.4 Å². The Morgan fingerprint density at radius 2 is 1.81 bits per heavy atom. The van der Waals surface area contributed by atoms with Crippen molar-refractivity contribution in [3.63, 3.8) is 0 Å². The average Bonchev–Trinajstić information content (AvgIpc) is 3.25. The van der Waals surface area contributed by atoms with Crippen LogP contribution in [0.2, 0.25) is 10.0 Å². The summed E-state index contributed by atoms with van der Waals surface area (Å²) < 4.78 is 1.49. The number of carboxylic acids is 1. The van der Waals surface area contributed by atoms with Gasteiger partial charge in [-0.25, -0.2) is 0 Å². The smallest absolute Gasteiger partial charge is 0.321 e. The second-order valence-corrected chi connectivity index (χ2v) is 11.3. The van der Waals surface area contributed by atoms with E-state index in [-0.39, 0.29) is 22.1 Å². The normalized spacial score (nSPS) is 11.5. The van der Waals surface area contributed by atoms with Crippen molar-refractivity contribution >= 4 is 52.5 Å². The van der Waals surface area contributed by atoms with Crippen LogP contribution in [0.3, 0.4) is 0 Å². The summed E-state index contributed by atoms with van der Waals surface area (Å²) in [6.07, 6.45) is 0. The van der Waals surface area contributed by atoms with E-state index in [1.807, 2.05) is 18.2 Å². The third-order valence-corrected chi connectivity index (χ3v) is 6.65. The minimum atomic E-state index is -1.19.